The maximum Gasteiger partial charge on any atom is 0.416 e. The standard InChI is InChI=1S/C16H16F3NS/c1-20-15(12-8-4-6-10-14(12)21-2)11-7-3-5-9-13(11)16(17,18)19/h3-10,15,20H,1-2H3. The third-order valence-corrected chi connectivity index (χ3v) is 4.13. The van der Waals surface area contributed by atoms with E-state index < -0.39 is 17.8 Å². The van der Waals surface area contributed by atoms with Crippen LogP contribution in [0.25, 0.3) is 0 Å². The first-order chi connectivity index (χ1) is 9.99. The Morgan fingerprint density at radius 1 is 0.952 bits per heavy atom. The Morgan fingerprint density at radius 3 is 2.10 bits per heavy atom. The number of hydrogen-bond acceptors (Lipinski definition) is 2. The van der Waals surface area contributed by atoms with Crippen LogP contribution < -0.4 is 5.32 Å². The van der Waals surface area contributed by atoms with Crippen LogP contribution in [-0.4, -0.2) is 13.3 Å². The number of thioether (sulfide) groups is 1. The second-order valence-corrected chi connectivity index (χ2v) is 5.40. The quantitative estimate of drug-likeness (QED) is 0.819. The monoisotopic (exact) mass is 311 g/mol. The highest BCUT2D eigenvalue weighted by atomic mass is 32.2. The highest BCUT2D eigenvalue weighted by Crippen LogP contribution is 2.38. The molecule has 0 saturated carbocycles. The summed E-state index contributed by atoms with van der Waals surface area (Å²) in [5, 5.41) is 3.01. The third kappa shape index (κ3) is 3.41. The molecule has 0 aliphatic carbocycles. The van der Waals surface area contributed by atoms with E-state index in [0.717, 1.165) is 16.5 Å². The fourth-order valence-corrected chi connectivity index (χ4v) is 3.03. The molecule has 1 unspecified atom stereocenters. The molecular formula is C16H16F3NS. The largest absolute Gasteiger partial charge is 0.416 e. The van der Waals surface area contributed by atoms with Gasteiger partial charge < -0.3 is 5.32 Å². The number of halogens is 3. The maximum atomic E-state index is 13.2. The van der Waals surface area contributed by atoms with Gasteiger partial charge in [-0.2, -0.15) is 13.2 Å². The summed E-state index contributed by atoms with van der Waals surface area (Å²) < 4.78 is 39.6. The molecule has 1 nitrogen and oxygen atoms in total. The van der Waals surface area contributed by atoms with Gasteiger partial charge in [-0.25, -0.2) is 0 Å². The van der Waals surface area contributed by atoms with Gasteiger partial charge in [0.2, 0.25) is 0 Å². The lowest BCUT2D eigenvalue weighted by Gasteiger charge is -2.23. The summed E-state index contributed by atoms with van der Waals surface area (Å²) in [6.45, 7) is 0. The molecule has 5 heteroatoms. The Labute approximate surface area is 126 Å². The van der Waals surface area contributed by atoms with Crippen molar-refractivity contribution in [2.45, 2.75) is 17.1 Å². The molecule has 0 amide bonds. The van der Waals surface area contributed by atoms with Gasteiger partial charge in [0.05, 0.1) is 11.6 Å². The summed E-state index contributed by atoms with van der Waals surface area (Å²) >= 11 is 1.53. The van der Waals surface area contributed by atoms with Gasteiger partial charge in [0.1, 0.15) is 0 Å². The van der Waals surface area contributed by atoms with Crippen LogP contribution in [0, 0.1) is 0 Å². The molecule has 0 saturated heterocycles. The molecule has 2 rings (SSSR count). The number of hydrogen-bond donors (Lipinski definition) is 1. The SMILES string of the molecule is CNC(c1ccccc1SC)c1ccccc1C(F)(F)F. The molecule has 1 atom stereocenters. The first-order valence-electron chi connectivity index (χ1n) is 6.45. The fraction of sp³-hybridized carbons (Fsp3) is 0.250. The molecule has 0 fully saturated rings. The van der Waals surface area contributed by atoms with Crippen molar-refractivity contribution in [1.29, 1.82) is 0 Å². The van der Waals surface area contributed by atoms with E-state index in [0.29, 0.717) is 0 Å². The second-order valence-electron chi connectivity index (χ2n) is 4.55. The predicted molar refractivity (Wildman–Crippen MR) is 80.6 cm³/mol. The van der Waals surface area contributed by atoms with E-state index in [1.807, 2.05) is 30.5 Å². The topological polar surface area (TPSA) is 12.0 Å². The van der Waals surface area contributed by atoms with Crippen molar-refractivity contribution in [3.05, 3.63) is 65.2 Å². The number of alkyl halides is 3. The average Bonchev–Trinajstić information content (AvgIpc) is 2.48. The summed E-state index contributed by atoms with van der Waals surface area (Å²) in [6, 6.07) is 12.7. The molecule has 0 heterocycles. The van der Waals surface area contributed by atoms with E-state index in [4.69, 9.17) is 0 Å². The van der Waals surface area contributed by atoms with Crippen LogP contribution in [0.3, 0.4) is 0 Å². The second kappa shape index (κ2) is 6.54. The lowest BCUT2D eigenvalue weighted by molar-refractivity contribution is -0.138. The Morgan fingerprint density at radius 2 is 1.52 bits per heavy atom. The van der Waals surface area contributed by atoms with Crippen molar-refractivity contribution in [2.75, 3.05) is 13.3 Å². The Bertz CT molecular complexity index is 610. The van der Waals surface area contributed by atoms with Crippen molar-refractivity contribution >= 4 is 11.8 Å². The van der Waals surface area contributed by atoms with Crippen LogP contribution in [0.2, 0.25) is 0 Å². The molecule has 0 spiro atoms. The normalized spacial score (nSPS) is 13.2. The van der Waals surface area contributed by atoms with Gasteiger partial charge in [-0.15, -0.1) is 11.8 Å². The minimum absolute atomic E-state index is 0.244. The van der Waals surface area contributed by atoms with Crippen molar-refractivity contribution in [1.82, 2.24) is 5.32 Å². The first kappa shape index (κ1) is 15.9. The van der Waals surface area contributed by atoms with Gasteiger partial charge in [-0.05, 0) is 36.6 Å². The molecule has 2 aromatic carbocycles. The van der Waals surface area contributed by atoms with Crippen LogP contribution in [-0.2, 0) is 6.18 Å². The molecule has 21 heavy (non-hydrogen) atoms. The Kier molecular flexibility index (Phi) is 4.96. The van der Waals surface area contributed by atoms with Crippen molar-refractivity contribution in [3.8, 4) is 0 Å². The predicted octanol–water partition coefficient (Wildman–Crippen LogP) is 4.74. The first-order valence-corrected chi connectivity index (χ1v) is 7.67. The Hall–Kier alpha value is -1.46. The molecule has 112 valence electrons. The number of rotatable bonds is 4. The molecule has 0 bridgehead atoms. The number of nitrogens with one attached hydrogen (secondary N) is 1. The van der Waals surface area contributed by atoms with Crippen LogP contribution in [0.4, 0.5) is 13.2 Å². The average molecular weight is 311 g/mol. The van der Waals surface area contributed by atoms with E-state index in [1.165, 1.54) is 23.9 Å². The van der Waals surface area contributed by atoms with Crippen LogP contribution in [0.15, 0.2) is 53.4 Å². The fourth-order valence-electron chi connectivity index (χ4n) is 2.39. The lowest BCUT2D eigenvalue weighted by atomic mass is 9.94. The highest BCUT2D eigenvalue weighted by Gasteiger charge is 2.35. The summed E-state index contributed by atoms with van der Waals surface area (Å²) in [4.78, 5) is 0.967. The zero-order valence-corrected chi connectivity index (χ0v) is 12.6. The van der Waals surface area contributed by atoms with Gasteiger partial charge in [-0.1, -0.05) is 36.4 Å². The van der Waals surface area contributed by atoms with Gasteiger partial charge >= 0.3 is 6.18 Å². The molecule has 0 aliphatic rings. The minimum atomic E-state index is -4.36. The summed E-state index contributed by atoms with van der Waals surface area (Å²) in [7, 11) is 1.68. The molecule has 0 aliphatic heterocycles. The molecule has 0 aromatic heterocycles. The molecular weight excluding hydrogens is 295 g/mol. The smallest absolute Gasteiger partial charge is 0.309 e. The molecule has 2 aromatic rings. The van der Waals surface area contributed by atoms with Crippen LogP contribution >= 0.6 is 11.8 Å². The third-order valence-electron chi connectivity index (χ3n) is 3.32. The van der Waals surface area contributed by atoms with E-state index in [2.05, 4.69) is 5.32 Å². The van der Waals surface area contributed by atoms with E-state index in [1.54, 1.807) is 13.1 Å². The highest BCUT2D eigenvalue weighted by molar-refractivity contribution is 7.98. The van der Waals surface area contributed by atoms with Crippen LogP contribution in [0.1, 0.15) is 22.7 Å². The number of benzene rings is 2. The molecule has 0 radical (unpaired) electrons. The molecule has 1 N–H and O–H groups in total. The van der Waals surface area contributed by atoms with E-state index in [9.17, 15) is 13.2 Å². The summed E-state index contributed by atoms with van der Waals surface area (Å²) in [6.07, 6.45) is -2.44. The van der Waals surface area contributed by atoms with Gasteiger partial charge in [-0.3, -0.25) is 0 Å². The Balaban J connectivity index is 2.58. The zero-order chi connectivity index (χ0) is 15.5. The van der Waals surface area contributed by atoms with Crippen LogP contribution in [0.5, 0.6) is 0 Å². The minimum Gasteiger partial charge on any atom is -0.309 e. The van der Waals surface area contributed by atoms with E-state index >= 15 is 0 Å². The van der Waals surface area contributed by atoms with Crippen molar-refractivity contribution in [3.63, 3.8) is 0 Å². The van der Waals surface area contributed by atoms with E-state index in [-0.39, 0.29) is 5.56 Å². The van der Waals surface area contributed by atoms with Crippen molar-refractivity contribution in [2.24, 2.45) is 0 Å². The summed E-state index contributed by atoms with van der Waals surface area (Å²) in [5.41, 5.74) is 0.499. The maximum absolute atomic E-state index is 13.2. The summed E-state index contributed by atoms with van der Waals surface area (Å²) in [5.74, 6) is 0. The van der Waals surface area contributed by atoms with Gasteiger partial charge in [0.25, 0.3) is 0 Å². The van der Waals surface area contributed by atoms with Crippen molar-refractivity contribution < 1.29 is 13.2 Å². The van der Waals surface area contributed by atoms with Gasteiger partial charge in [0, 0.05) is 4.90 Å². The van der Waals surface area contributed by atoms with Gasteiger partial charge in [0.15, 0.2) is 0 Å². The lowest BCUT2D eigenvalue weighted by Crippen LogP contribution is -2.22. The zero-order valence-electron chi connectivity index (χ0n) is 11.7.